The van der Waals surface area contributed by atoms with Gasteiger partial charge in [0.1, 0.15) is 0 Å². The van der Waals surface area contributed by atoms with Crippen LogP contribution in [-0.4, -0.2) is 4.57 Å². The first-order valence-corrected chi connectivity index (χ1v) is 21.2. The predicted molar refractivity (Wildman–Crippen MR) is 275 cm³/mol. The molecule has 1 aromatic heterocycles. The summed E-state index contributed by atoms with van der Waals surface area (Å²) < 4.78 is 159. The number of fused-ring (bicyclic) bond motifs is 6. The Morgan fingerprint density at radius 3 is 1.71 bits per heavy atom. The van der Waals surface area contributed by atoms with Gasteiger partial charge < -0.3 is 9.47 Å². The Bertz CT molecular complexity index is 4500. The lowest BCUT2D eigenvalue weighted by molar-refractivity contribution is 0.660. The summed E-state index contributed by atoms with van der Waals surface area (Å²) in [6, 6.07) is 31.5. The predicted octanol–water partition coefficient (Wildman–Crippen LogP) is 17.2. The summed E-state index contributed by atoms with van der Waals surface area (Å²) >= 11 is 0. The van der Waals surface area contributed by atoms with Crippen molar-refractivity contribution >= 4 is 38.9 Å². The van der Waals surface area contributed by atoms with Gasteiger partial charge in [0.15, 0.2) is 0 Å². The van der Waals surface area contributed by atoms with Crippen LogP contribution in [0.15, 0.2) is 242 Å². The van der Waals surface area contributed by atoms with E-state index in [-0.39, 0.29) is 11.3 Å². The second-order valence-electron chi connectivity index (χ2n) is 16.4. The fourth-order valence-corrected chi connectivity index (χ4v) is 9.29. The van der Waals surface area contributed by atoms with Crippen molar-refractivity contribution in [2.75, 3.05) is 4.90 Å². The normalized spacial score (nSPS) is 16.2. The molecule has 0 saturated carbocycles. The van der Waals surface area contributed by atoms with Crippen LogP contribution in [0, 0.1) is 0 Å². The van der Waals surface area contributed by atoms with Gasteiger partial charge in [-0.3, -0.25) is 0 Å². The van der Waals surface area contributed by atoms with Crippen molar-refractivity contribution < 1.29 is 23.3 Å². The van der Waals surface area contributed by atoms with E-state index in [4.69, 9.17) is 11.0 Å². The Morgan fingerprint density at radius 1 is 0.369 bits per heavy atom. The number of anilines is 3. The van der Waals surface area contributed by atoms with E-state index in [1.54, 1.807) is 18.2 Å². The number of rotatable bonds is 8. The van der Waals surface area contributed by atoms with E-state index in [9.17, 15) is 12.3 Å². The highest BCUT2D eigenvalue weighted by molar-refractivity contribution is 6.11. The largest absolute Gasteiger partial charge is 0.310 e. The second-order valence-corrected chi connectivity index (χ2v) is 16.4. The summed E-state index contributed by atoms with van der Waals surface area (Å²) in [5.74, 6) is 0. The van der Waals surface area contributed by atoms with Gasteiger partial charge in [-0.05, 0) is 122 Å². The van der Waals surface area contributed by atoms with Gasteiger partial charge >= 0.3 is 0 Å². The minimum atomic E-state index is -0.876. The zero-order chi connectivity index (χ0) is 58.3. The molecule has 0 unspecified atom stereocenters. The molecule has 1 aliphatic rings. The lowest BCUT2D eigenvalue weighted by Gasteiger charge is -2.28. The summed E-state index contributed by atoms with van der Waals surface area (Å²) in [7, 11) is 0. The molecule has 0 aliphatic heterocycles. The number of aromatic nitrogens is 1. The Morgan fingerprint density at radius 2 is 0.954 bits per heavy atom. The minimum absolute atomic E-state index is 0.0408. The van der Waals surface area contributed by atoms with Crippen LogP contribution >= 0.6 is 0 Å². The van der Waals surface area contributed by atoms with Crippen LogP contribution in [0.3, 0.4) is 0 Å². The van der Waals surface area contributed by atoms with Gasteiger partial charge in [-0.2, -0.15) is 0 Å². The molecule has 10 aromatic carbocycles. The van der Waals surface area contributed by atoms with Gasteiger partial charge in [0, 0.05) is 38.8 Å². The summed E-state index contributed by atoms with van der Waals surface area (Å²) in [5, 5.41) is 1.65. The molecule has 0 radical (unpaired) electrons. The maximum absolute atomic E-state index is 9.92. The first kappa shape index (κ1) is 24.6. The van der Waals surface area contributed by atoms with Crippen LogP contribution in [0.4, 0.5) is 17.1 Å². The lowest BCUT2D eigenvalue weighted by Crippen LogP contribution is -2.16. The molecule has 0 fully saturated rings. The van der Waals surface area contributed by atoms with Crippen molar-refractivity contribution in [3.05, 3.63) is 253 Å². The molecule has 2 nitrogen and oxygen atoms in total. The first-order chi connectivity index (χ1) is 39.1. The number of hydrogen-bond acceptors (Lipinski definition) is 1. The minimum Gasteiger partial charge on any atom is -0.310 e. The van der Waals surface area contributed by atoms with Crippen LogP contribution < -0.4 is 4.90 Å². The Balaban J connectivity index is 1.10. The van der Waals surface area contributed by atoms with E-state index < -0.39 is 142 Å². The van der Waals surface area contributed by atoms with Crippen LogP contribution in [-0.2, 0) is 5.41 Å². The number of nitrogens with zero attached hydrogens (tertiary/aromatic N) is 2. The fourth-order valence-electron chi connectivity index (χ4n) is 9.29. The fraction of sp³-hybridized carbons (Fsp3) is 0.0476. The maximum Gasteiger partial charge on any atom is 0.0645 e. The highest BCUT2D eigenvalue weighted by Gasteiger charge is 2.35. The van der Waals surface area contributed by atoms with Crippen LogP contribution in [0.1, 0.15) is 48.3 Å². The monoisotopic (exact) mass is 847 g/mol. The van der Waals surface area contributed by atoms with E-state index >= 15 is 0 Å². The Labute approximate surface area is 404 Å². The van der Waals surface area contributed by atoms with Crippen molar-refractivity contribution in [2.24, 2.45) is 0 Å². The first-order valence-electron chi connectivity index (χ1n) is 29.7. The summed E-state index contributed by atoms with van der Waals surface area (Å²) in [5.41, 5.74) is 4.46. The molecule has 11 aromatic rings. The van der Waals surface area contributed by atoms with Gasteiger partial charge in [0.05, 0.1) is 40.0 Å². The lowest BCUT2D eigenvalue weighted by atomic mass is 9.82. The molecule has 1 heterocycles. The Kier molecular flexibility index (Phi) is 5.88. The quantitative estimate of drug-likeness (QED) is 0.148. The average molecular weight is 848 g/mol. The molecule has 0 bridgehead atoms. The molecule has 0 saturated heterocycles. The molecule has 0 atom stereocenters. The SMILES string of the molecule is [2H]c1c([2H])c([2H])c(-c2c([2H])c([2H])c([2H])c([2H])c2-c2c([2H])c([2H])c(N(c3ccc4c(c3)C(C)(C)c3ccccc3-4)c3c([2H])c([2H])c(-c4ccc5c(c4)c4ccccc4n5-c4ccccc4-c4ccccc4)c([2H])c3[2H])c([2H])c2[2H])c([2H])c1[2H]. The van der Waals surface area contributed by atoms with Crippen molar-refractivity contribution in [2.45, 2.75) is 19.3 Å². The molecule has 308 valence electrons. The van der Waals surface area contributed by atoms with Crippen LogP contribution in [0.25, 0.3) is 83.1 Å². The van der Waals surface area contributed by atoms with Gasteiger partial charge in [-0.15, -0.1) is 0 Å². The molecule has 65 heavy (non-hydrogen) atoms. The third-order valence-corrected chi connectivity index (χ3v) is 12.4. The molecule has 12 rings (SSSR count). The van der Waals surface area contributed by atoms with E-state index in [1.807, 2.05) is 129 Å². The standard InChI is InChI=1S/C63H46N2/c1-63(2)58-26-14-11-24-54(58)55-39-38-50(42-59(55)63)64(49-36-31-46(32-37-49)52-22-10-9-21-51(52)44-17-5-3-6-18-44)48-34-29-43(30-35-48)47-33-40-62-57(41-47)56-25-13-16-28-61(56)65(62)60-27-15-12-23-53(60)45-19-7-4-8-20-45/h3-42H,1-2H3/i3D,5D,6D,9D,10D,17D,18D,21D,22D,29D,30D,31D,32D,34D,35D,36D,37D. The number of benzene rings is 10. The van der Waals surface area contributed by atoms with Gasteiger partial charge in [0.25, 0.3) is 0 Å². The highest BCUT2D eigenvalue weighted by atomic mass is 15.1. The zero-order valence-electron chi connectivity index (χ0n) is 52.2. The molecule has 0 spiro atoms. The summed E-state index contributed by atoms with van der Waals surface area (Å²) in [6.45, 7) is 4.04. The molecule has 1 aliphatic carbocycles. The van der Waals surface area contributed by atoms with E-state index in [2.05, 4.69) is 10.6 Å². The summed E-state index contributed by atoms with van der Waals surface area (Å²) in [6.07, 6.45) is 0. The van der Waals surface area contributed by atoms with Crippen molar-refractivity contribution in [3.8, 4) is 61.3 Å². The molecule has 2 heteroatoms. The molecular formula is C63H46N2. The van der Waals surface area contributed by atoms with Crippen molar-refractivity contribution in [1.82, 2.24) is 4.57 Å². The Hall–Kier alpha value is -8.20. The van der Waals surface area contributed by atoms with E-state index in [0.29, 0.717) is 5.56 Å². The number of para-hydroxylation sites is 2. The molecule has 0 amide bonds. The van der Waals surface area contributed by atoms with Gasteiger partial charge in [-0.1, -0.05) is 196 Å². The third-order valence-electron chi connectivity index (χ3n) is 12.4. The number of hydrogen-bond donors (Lipinski definition) is 0. The zero-order valence-corrected chi connectivity index (χ0v) is 35.2. The topological polar surface area (TPSA) is 8.17 Å². The second kappa shape index (κ2) is 15.6. The van der Waals surface area contributed by atoms with Crippen LogP contribution in [0.2, 0.25) is 0 Å². The van der Waals surface area contributed by atoms with Gasteiger partial charge in [-0.25, -0.2) is 0 Å². The van der Waals surface area contributed by atoms with Crippen LogP contribution in [0.5, 0.6) is 0 Å². The maximum atomic E-state index is 9.92. The molecule has 0 N–H and O–H groups in total. The summed E-state index contributed by atoms with van der Waals surface area (Å²) in [4.78, 5) is 1.17. The van der Waals surface area contributed by atoms with Crippen molar-refractivity contribution in [1.29, 1.82) is 0 Å². The third kappa shape index (κ3) is 6.49. The van der Waals surface area contributed by atoms with E-state index in [0.717, 1.165) is 60.9 Å². The smallest absolute Gasteiger partial charge is 0.0645 e. The van der Waals surface area contributed by atoms with Gasteiger partial charge in [0.2, 0.25) is 0 Å². The van der Waals surface area contributed by atoms with E-state index in [1.165, 1.54) is 4.90 Å². The molecular weight excluding hydrogens is 785 g/mol. The van der Waals surface area contributed by atoms with Crippen molar-refractivity contribution in [3.63, 3.8) is 0 Å². The average Bonchev–Trinajstić information content (AvgIpc) is 1.74. The highest BCUT2D eigenvalue weighted by Crippen LogP contribution is 2.51.